The Bertz CT molecular complexity index is 411. The Balaban J connectivity index is 2.08. The van der Waals surface area contributed by atoms with Crippen LogP contribution in [0.25, 0.3) is 0 Å². The number of anilines is 1. The van der Waals surface area contributed by atoms with E-state index in [1.165, 1.54) is 37.7 Å². The Labute approximate surface area is 119 Å². The standard InChI is InChI=1S/C15H23BrN2/c1-11-8-13(16)9-12(15(11)17)10-18(2)14-6-4-3-5-7-14/h8-9,14H,3-7,10,17H2,1-2H3. The summed E-state index contributed by atoms with van der Waals surface area (Å²) in [5, 5.41) is 0. The maximum Gasteiger partial charge on any atom is 0.0390 e. The summed E-state index contributed by atoms with van der Waals surface area (Å²) in [7, 11) is 2.23. The van der Waals surface area contributed by atoms with Crippen LogP contribution >= 0.6 is 15.9 Å². The maximum absolute atomic E-state index is 6.18. The van der Waals surface area contributed by atoms with Gasteiger partial charge in [-0.05, 0) is 50.1 Å². The minimum Gasteiger partial charge on any atom is -0.398 e. The molecule has 0 amide bonds. The van der Waals surface area contributed by atoms with Gasteiger partial charge >= 0.3 is 0 Å². The van der Waals surface area contributed by atoms with Gasteiger partial charge in [-0.15, -0.1) is 0 Å². The van der Waals surface area contributed by atoms with Crippen LogP contribution in [0.3, 0.4) is 0 Å². The average Bonchev–Trinajstić information content (AvgIpc) is 2.36. The predicted octanol–water partition coefficient (Wildman–Crippen LogP) is 4.10. The predicted molar refractivity (Wildman–Crippen MR) is 81.6 cm³/mol. The smallest absolute Gasteiger partial charge is 0.0390 e. The second-order valence-electron chi connectivity index (χ2n) is 5.50. The van der Waals surface area contributed by atoms with Crippen LogP contribution in [-0.2, 0) is 6.54 Å². The van der Waals surface area contributed by atoms with Gasteiger partial charge in [0.25, 0.3) is 0 Å². The Morgan fingerprint density at radius 1 is 1.28 bits per heavy atom. The zero-order valence-corrected chi connectivity index (χ0v) is 13.0. The minimum absolute atomic E-state index is 0.734. The van der Waals surface area contributed by atoms with Gasteiger partial charge in [-0.1, -0.05) is 35.2 Å². The van der Waals surface area contributed by atoms with E-state index in [0.717, 1.165) is 28.3 Å². The SMILES string of the molecule is Cc1cc(Br)cc(CN(C)C2CCCCC2)c1N. The molecule has 0 aromatic heterocycles. The number of nitrogen functional groups attached to an aromatic ring is 1. The van der Waals surface area contributed by atoms with Crippen LogP contribution in [0.2, 0.25) is 0 Å². The second kappa shape index (κ2) is 6.07. The van der Waals surface area contributed by atoms with E-state index >= 15 is 0 Å². The third-order valence-corrected chi connectivity index (χ3v) is 4.51. The Hall–Kier alpha value is -0.540. The van der Waals surface area contributed by atoms with Crippen molar-refractivity contribution in [1.82, 2.24) is 4.90 Å². The first kappa shape index (κ1) is 13.9. The van der Waals surface area contributed by atoms with Crippen LogP contribution in [0, 0.1) is 6.92 Å². The maximum atomic E-state index is 6.18. The van der Waals surface area contributed by atoms with Crippen molar-refractivity contribution in [1.29, 1.82) is 0 Å². The lowest BCUT2D eigenvalue weighted by Gasteiger charge is -2.31. The van der Waals surface area contributed by atoms with Crippen LogP contribution in [0.15, 0.2) is 16.6 Å². The molecule has 0 spiro atoms. The van der Waals surface area contributed by atoms with Crippen LogP contribution in [0.5, 0.6) is 0 Å². The molecule has 2 N–H and O–H groups in total. The molecule has 2 rings (SSSR count). The molecule has 18 heavy (non-hydrogen) atoms. The van der Waals surface area contributed by atoms with Crippen LogP contribution in [-0.4, -0.2) is 18.0 Å². The van der Waals surface area contributed by atoms with Crippen molar-refractivity contribution in [3.63, 3.8) is 0 Å². The van der Waals surface area contributed by atoms with Crippen molar-refractivity contribution >= 4 is 21.6 Å². The number of halogens is 1. The summed E-state index contributed by atoms with van der Waals surface area (Å²) in [5.74, 6) is 0. The fourth-order valence-corrected chi connectivity index (χ4v) is 3.49. The van der Waals surface area contributed by atoms with Crippen LogP contribution < -0.4 is 5.73 Å². The molecule has 1 aromatic carbocycles. The van der Waals surface area contributed by atoms with Gasteiger partial charge in [0.1, 0.15) is 0 Å². The van der Waals surface area contributed by atoms with Crippen LogP contribution in [0.4, 0.5) is 5.69 Å². The molecule has 0 heterocycles. The number of nitrogens with two attached hydrogens (primary N) is 1. The molecule has 0 aliphatic heterocycles. The van der Waals surface area contributed by atoms with E-state index in [4.69, 9.17) is 5.73 Å². The third kappa shape index (κ3) is 3.27. The summed E-state index contributed by atoms with van der Waals surface area (Å²) in [4.78, 5) is 2.47. The number of hydrogen-bond acceptors (Lipinski definition) is 2. The van der Waals surface area contributed by atoms with Crippen molar-refractivity contribution in [2.75, 3.05) is 12.8 Å². The molecule has 1 aliphatic rings. The molecule has 1 fully saturated rings. The average molecular weight is 311 g/mol. The normalized spacial score (nSPS) is 17.3. The van der Waals surface area contributed by atoms with Gasteiger partial charge in [0.05, 0.1) is 0 Å². The molecule has 1 saturated carbocycles. The van der Waals surface area contributed by atoms with Gasteiger partial charge in [-0.2, -0.15) is 0 Å². The van der Waals surface area contributed by atoms with Gasteiger partial charge in [-0.3, -0.25) is 4.90 Å². The molecule has 1 aromatic rings. The largest absolute Gasteiger partial charge is 0.398 e. The Kier molecular flexibility index (Phi) is 4.68. The number of rotatable bonds is 3. The zero-order chi connectivity index (χ0) is 13.1. The summed E-state index contributed by atoms with van der Waals surface area (Å²) >= 11 is 3.56. The lowest BCUT2D eigenvalue weighted by atomic mass is 9.94. The van der Waals surface area contributed by atoms with Crippen molar-refractivity contribution < 1.29 is 0 Å². The summed E-state index contributed by atoms with van der Waals surface area (Å²) in [6, 6.07) is 4.97. The quantitative estimate of drug-likeness (QED) is 0.851. The zero-order valence-electron chi connectivity index (χ0n) is 11.4. The number of benzene rings is 1. The number of nitrogens with zero attached hydrogens (tertiary/aromatic N) is 1. The van der Waals surface area contributed by atoms with E-state index in [-0.39, 0.29) is 0 Å². The Morgan fingerprint density at radius 3 is 2.61 bits per heavy atom. The van der Waals surface area contributed by atoms with Gasteiger partial charge in [0, 0.05) is 22.7 Å². The highest BCUT2D eigenvalue weighted by molar-refractivity contribution is 9.10. The molecular weight excluding hydrogens is 288 g/mol. The van der Waals surface area contributed by atoms with Crippen molar-refractivity contribution in [2.24, 2.45) is 0 Å². The molecule has 3 heteroatoms. The monoisotopic (exact) mass is 310 g/mol. The highest BCUT2D eigenvalue weighted by atomic mass is 79.9. The van der Waals surface area contributed by atoms with E-state index < -0.39 is 0 Å². The minimum atomic E-state index is 0.734. The van der Waals surface area contributed by atoms with E-state index in [9.17, 15) is 0 Å². The lowest BCUT2D eigenvalue weighted by molar-refractivity contribution is 0.185. The molecule has 100 valence electrons. The van der Waals surface area contributed by atoms with E-state index in [1.807, 2.05) is 0 Å². The fourth-order valence-electron chi connectivity index (χ4n) is 2.87. The second-order valence-corrected chi connectivity index (χ2v) is 6.42. The highest BCUT2D eigenvalue weighted by Gasteiger charge is 2.18. The van der Waals surface area contributed by atoms with Gasteiger partial charge in [0.2, 0.25) is 0 Å². The van der Waals surface area contributed by atoms with E-state index in [2.05, 4.69) is 46.9 Å². The molecular formula is C15H23BrN2. The van der Waals surface area contributed by atoms with Gasteiger partial charge in [0.15, 0.2) is 0 Å². The first-order chi connectivity index (χ1) is 8.58. The topological polar surface area (TPSA) is 29.3 Å². The summed E-state index contributed by atoms with van der Waals surface area (Å²) in [6.45, 7) is 3.03. The highest BCUT2D eigenvalue weighted by Crippen LogP contribution is 2.27. The summed E-state index contributed by atoms with van der Waals surface area (Å²) in [5.41, 5.74) is 9.54. The first-order valence-corrected chi connectivity index (χ1v) is 7.62. The summed E-state index contributed by atoms with van der Waals surface area (Å²) in [6.07, 6.45) is 6.83. The number of aryl methyl sites for hydroxylation is 1. The molecule has 0 bridgehead atoms. The first-order valence-electron chi connectivity index (χ1n) is 6.82. The van der Waals surface area contributed by atoms with Crippen molar-refractivity contribution in [3.8, 4) is 0 Å². The third-order valence-electron chi connectivity index (χ3n) is 4.06. The molecule has 0 saturated heterocycles. The molecule has 0 atom stereocenters. The van der Waals surface area contributed by atoms with Crippen molar-refractivity contribution in [2.45, 2.75) is 51.6 Å². The number of hydrogen-bond donors (Lipinski definition) is 1. The molecule has 2 nitrogen and oxygen atoms in total. The lowest BCUT2D eigenvalue weighted by Crippen LogP contribution is -2.33. The Morgan fingerprint density at radius 2 is 1.94 bits per heavy atom. The molecule has 1 aliphatic carbocycles. The molecule has 0 radical (unpaired) electrons. The molecule has 0 unspecified atom stereocenters. The summed E-state index contributed by atoms with van der Waals surface area (Å²) < 4.78 is 1.13. The fraction of sp³-hybridized carbons (Fsp3) is 0.600. The van der Waals surface area contributed by atoms with Gasteiger partial charge < -0.3 is 5.73 Å². The van der Waals surface area contributed by atoms with Crippen molar-refractivity contribution in [3.05, 3.63) is 27.7 Å². The van der Waals surface area contributed by atoms with Crippen LogP contribution in [0.1, 0.15) is 43.2 Å². The van der Waals surface area contributed by atoms with Gasteiger partial charge in [-0.25, -0.2) is 0 Å². The van der Waals surface area contributed by atoms with E-state index in [0.29, 0.717) is 0 Å². The van der Waals surface area contributed by atoms with E-state index in [1.54, 1.807) is 0 Å².